The van der Waals surface area contributed by atoms with Gasteiger partial charge < -0.3 is 14.7 Å². The highest BCUT2D eigenvalue weighted by Crippen LogP contribution is 2.58. The van der Waals surface area contributed by atoms with Crippen LogP contribution in [0.25, 0.3) is 0 Å². The van der Waals surface area contributed by atoms with E-state index in [-0.39, 0.29) is 0 Å². The van der Waals surface area contributed by atoms with Gasteiger partial charge in [-0.15, -0.1) is 11.8 Å². The average Bonchev–Trinajstić information content (AvgIpc) is 3.30. The summed E-state index contributed by atoms with van der Waals surface area (Å²) >= 11 is 3.18. The minimum Gasteiger partial charge on any atom is -0.476 e. The topological polar surface area (TPSA) is 53.0 Å². The number of likely N-dealkylation sites (N-methyl/N-ethyl adjacent to an activating group) is 1. The van der Waals surface area contributed by atoms with Crippen LogP contribution >= 0.6 is 23.7 Å². The van der Waals surface area contributed by atoms with E-state index in [1.165, 1.54) is 56.0 Å². The molecule has 1 aliphatic heterocycles. The van der Waals surface area contributed by atoms with Gasteiger partial charge in [0.1, 0.15) is 12.0 Å². The van der Waals surface area contributed by atoms with Gasteiger partial charge in [0.05, 0.1) is 15.5 Å². The summed E-state index contributed by atoms with van der Waals surface area (Å²) in [5, 5.41) is 8.69. The van der Waals surface area contributed by atoms with Gasteiger partial charge in [0, 0.05) is 18.6 Å². The highest BCUT2D eigenvalue weighted by molar-refractivity contribution is 7.98. The summed E-state index contributed by atoms with van der Waals surface area (Å²) in [4.78, 5) is 15.2. The van der Waals surface area contributed by atoms with Crippen molar-refractivity contribution in [1.29, 1.82) is 0 Å². The van der Waals surface area contributed by atoms with E-state index in [0.29, 0.717) is 17.6 Å². The first-order valence-electron chi connectivity index (χ1n) is 11.0. The maximum Gasteiger partial charge on any atom is 0.368 e. The van der Waals surface area contributed by atoms with E-state index in [1.54, 1.807) is 11.9 Å². The molecule has 5 rings (SSSR count). The molecule has 3 saturated carbocycles. The minimum atomic E-state index is -1.63. The molecule has 4 aliphatic rings. The van der Waals surface area contributed by atoms with Gasteiger partial charge in [-0.1, -0.05) is 26.7 Å². The van der Waals surface area contributed by atoms with Crippen LogP contribution in [0.5, 0.6) is 5.75 Å². The van der Waals surface area contributed by atoms with Gasteiger partial charge in [0.2, 0.25) is 5.83 Å². The summed E-state index contributed by atoms with van der Waals surface area (Å²) in [5.41, 5.74) is 1.50. The number of carboxylic acid groups (broad SMARTS) is 1. The SMILES string of the molecule is CCCC.CSc1cc2c(cc1O/C=C(\F)C(=O)O)SN(C)CCN2C12CCC(C1)C2. The molecule has 1 N–H and O–H groups in total. The van der Waals surface area contributed by atoms with Crippen molar-refractivity contribution in [2.75, 3.05) is 31.3 Å². The maximum absolute atomic E-state index is 13.3. The number of carbonyl (C=O) groups is 1. The third-order valence-electron chi connectivity index (χ3n) is 6.35. The zero-order valence-electron chi connectivity index (χ0n) is 18.8. The van der Waals surface area contributed by atoms with Crippen LogP contribution in [-0.4, -0.2) is 47.3 Å². The monoisotopic (exact) mass is 468 g/mol. The normalized spacial score (nSPS) is 25.1. The third-order valence-corrected chi connectivity index (χ3v) is 8.13. The molecular weight excluding hydrogens is 435 g/mol. The van der Waals surface area contributed by atoms with Crippen LogP contribution in [0.2, 0.25) is 0 Å². The molecule has 0 aromatic heterocycles. The quantitative estimate of drug-likeness (QED) is 0.231. The first kappa shape index (κ1) is 24.3. The van der Waals surface area contributed by atoms with Crippen molar-refractivity contribution < 1.29 is 19.0 Å². The number of thioether (sulfide) groups is 1. The van der Waals surface area contributed by atoms with Crippen molar-refractivity contribution in [3.8, 4) is 5.75 Å². The minimum absolute atomic E-state index is 0.290. The molecule has 1 aromatic rings. The lowest BCUT2D eigenvalue weighted by Gasteiger charge is -2.49. The highest BCUT2D eigenvalue weighted by atomic mass is 32.2. The van der Waals surface area contributed by atoms with Crippen molar-refractivity contribution in [2.24, 2.45) is 5.92 Å². The van der Waals surface area contributed by atoms with Gasteiger partial charge in [0.15, 0.2) is 0 Å². The Kier molecular flexibility index (Phi) is 8.21. The number of aliphatic carboxylic acids is 1. The lowest BCUT2D eigenvalue weighted by Crippen LogP contribution is -2.53. The van der Waals surface area contributed by atoms with Crippen LogP contribution in [-0.2, 0) is 4.79 Å². The smallest absolute Gasteiger partial charge is 0.368 e. The Morgan fingerprint density at radius 1 is 1.35 bits per heavy atom. The van der Waals surface area contributed by atoms with Gasteiger partial charge in [-0.05, 0) is 69.0 Å². The molecule has 0 amide bonds. The van der Waals surface area contributed by atoms with E-state index in [2.05, 4.69) is 36.2 Å². The van der Waals surface area contributed by atoms with Crippen molar-refractivity contribution in [2.45, 2.75) is 67.7 Å². The molecule has 2 bridgehead atoms. The van der Waals surface area contributed by atoms with Gasteiger partial charge in [0.25, 0.3) is 0 Å². The predicted molar refractivity (Wildman–Crippen MR) is 127 cm³/mol. The number of fused-ring (bicyclic) bond motifs is 2. The summed E-state index contributed by atoms with van der Waals surface area (Å²) < 4.78 is 20.9. The lowest BCUT2D eigenvalue weighted by molar-refractivity contribution is -0.134. The number of benzene rings is 1. The molecule has 31 heavy (non-hydrogen) atoms. The fraction of sp³-hybridized carbons (Fsp3) is 0.609. The Morgan fingerprint density at radius 3 is 2.61 bits per heavy atom. The number of halogens is 1. The molecule has 0 spiro atoms. The summed E-state index contributed by atoms with van der Waals surface area (Å²) in [7, 11) is 2.07. The van der Waals surface area contributed by atoms with E-state index in [1.807, 2.05) is 12.3 Å². The molecule has 172 valence electrons. The summed E-state index contributed by atoms with van der Waals surface area (Å²) in [5.74, 6) is -1.57. The molecule has 0 radical (unpaired) electrons. The molecule has 1 aromatic carbocycles. The second-order valence-electron chi connectivity index (χ2n) is 8.49. The van der Waals surface area contributed by atoms with Gasteiger partial charge in [-0.2, -0.15) is 4.39 Å². The number of rotatable bonds is 6. The first-order chi connectivity index (χ1) is 14.8. The molecule has 3 aliphatic carbocycles. The molecule has 0 unspecified atom stereocenters. The summed E-state index contributed by atoms with van der Waals surface area (Å²) in [6.07, 6.45) is 10.4. The van der Waals surface area contributed by atoms with Crippen LogP contribution in [0, 0.1) is 5.92 Å². The van der Waals surface area contributed by atoms with E-state index in [0.717, 1.165) is 28.8 Å². The number of unbranched alkanes of at least 4 members (excludes halogenated alkanes) is 1. The Balaban J connectivity index is 0.000000628. The van der Waals surface area contributed by atoms with Crippen LogP contribution in [0.15, 0.2) is 34.0 Å². The number of carboxylic acids is 1. The fourth-order valence-corrected chi connectivity index (χ4v) is 6.02. The number of anilines is 1. The van der Waals surface area contributed by atoms with E-state index < -0.39 is 11.8 Å². The molecule has 8 heteroatoms. The Labute approximate surface area is 193 Å². The molecule has 1 heterocycles. The van der Waals surface area contributed by atoms with Crippen LogP contribution < -0.4 is 9.64 Å². The second-order valence-corrected chi connectivity index (χ2v) is 10.6. The number of nitrogens with zero attached hydrogens (tertiary/aromatic N) is 2. The van der Waals surface area contributed by atoms with E-state index in [9.17, 15) is 9.18 Å². The Morgan fingerprint density at radius 2 is 2.06 bits per heavy atom. The van der Waals surface area contributed by atoms with Gasteiger partial charge in [-0.25, -0.2) is 9.10 Å². The molecule has 0 saturated heterocycles. The first-order valence-corrected chi connectivity index (χ1v) is 13.0. The van der Waals surface area contributed by atoms with Crippen molar-refractivity contribution in [3.05, 3.63) is 24.2 Å². The van der Waals surface area contributed by atoms with Crippen molar-refractivity contribution in [3.63, 3.8) is 0 Å². The molecule has 5 nitrogen and oxygen atoms in total. The Hall–Kier alpha value is -1.38. The van der Waals surface area contributed by atoms with Crippen LogP contribution in [0.4, 0.5) is 10.1 Å². The van der Waals surface area contributed by atoms with E-state index in [4.69, 9.17) is 9.84 Å². The molecule has 0 atom stereocenters. The fourth-order valence-electron chi connectivity index (χ4n) is 4.55. The standard InChI is InChI=1S/C19H23FN2O3S2.C4H10/c1-21-5-6-22(19-4-3-12(9-19)10-19)14-7-17(26-2)15(8-16(14)27-21)25-11-13(20)18(23)24;1-3-4-2/h7-8,11-12H,3-6,9-10H2,1-2H3,(H,23,24);3-4H2,1-2H3/b13-11-;. The summed E-state index contributed by atoms with van der Waals surface area (Å²) in [6.45, 7) is 6.31. The maximum atomic E-state index is 13.3. The third kappa shape index (κ3) is 5.34. The average molecular weight is 469 g/mol. The lowest BCUT2D eigenvalue weighted by atomic mass is 9.75. The van der Waals surface area contributed by atoms with Gasteiger partial charge in [-0.3, -0.25) is 0 Å². The zero-order valence-corrected chi connectivity index (χ0v) is 20.5. The molecular formula is C23H33FN2O3S2. The predicted octanol–water partition coefficient (Wildman–Crippen LogP) is 6.19. The zero-order chi connectivity index (χ0) is 22.6. The number of ether oxygens (including phenoxy) is 1. The number of hydrogen-bond acceptors (Lipinski definition) is 6. The van der Waals surface area contributed by atoms with Crippen LogP contribution in [0.3, 0.4) is 0 Å². The Bertz CT molecular complexity index is 820. The summed E-state index contributed by atoms with van der Waals surface area (Å²) in [6, 6.07) is 4.03. The van der Waals surface area contributed by atoms with Crippen molar-refractivity contribution >= 4 is 35.4 Å². The van der Waals surface area contributed by atoms with E-state index >= 15 is 0 Å². The molecule has 3 fully saturated rings. The number of hydrogen-bond donors (Lipinski definition) is 1. The highest BCUT2D eigenvalue weighted by Gasteiger charge is 2.54. The van der Waals surface area contributed by atoms with Crippen molar-refractivity contribution in [1.82, 2.24) is 4.31 Å². The van der Waals surface area contributed by atoms with Gasteiger partial charge >= 0.3 is 5.97 Å². The second kappa shape index (κ2) is 10.5. The largest absolute Gasteiger partial charge is 0.476 e. The van der Waals surface area contributed by atoms with Crippen LogP contribution in [0.1, 0.15) is 52.4 Å².